The topological polar surface area (TPSA) is 66.8 Å². The molecule has 4 atom stereocenters. The number of hydrogen-bond donors (Lipinski definition) is 1. The van der Waals surface area contributed by atoms with Gasteiger partial charge < -0.3 is 14.7 Å². The normalized spacial score (nSPS) is 28.1. The number of fused-ring (bicyclic) bond motifs is 1. The van der Waals surface area contributed by atoms with Crippen LogP contribution >= 0.6 is 27.7 Å². The fourth-order valence-corrected chi connectivity index (χ4v) is 6.87. The molecule has 5 nitrogen and oxygen atoms in total. The summed E-state index contributed by atoms with van der Waals surface area (Å²) >= 11 is 5.12. The molecule has 2 aromatic carbocycles. The van der Waals surface area contributed by atoms with E-state index >= 15 is 0 Å². The highest BCUT2D eigenvalue weighted by Gasteiger charge is 2.73. The minimum absolute atomic E-state index is 0.238. The molecule has 2 aromatic rings. The third-order valence-corrected chi connectivity index (χ3v) is 9.44. The summed E-state index contributed by atoms with van der Waals surface area (Å²) < 4.78 is 4.12. The van der Waals surface area contributed by atoms with E-state index < -0.39 is 33.3 Å². The number of β-lactam (4-membered cyclic amide) rings is 1. The number of carbonyl (C=O) groups is 2. The molecule has 0 spiro atoms. The van der Waals surface area contributed by atoms with Crippen molar-refractivity contribution in [1.29, 1.82) is 0 Å². The van der Waals surface area contributed by atoms with Gasteiger partial charge in [0.2, 0.25) is 10.4 Å². The SMILES string of the molecule is C[C@@H](O)[C@@H]1C(=O)N2[C@@H]1SC(C)(C)[C@]2(Br)C(=O)OC(c1ccccc1)c1ccccc1. The average Bonchev–Trinajstić information content (AvgIpc) is 2.90. The number of amides is 1. The Morgan fingerprint density at radius 3 is 2.07 bits per heavy atom. The lowest BCUT2D eigenvalue weighted by molar-refractivity contribution is -0.175. The lowest BCUT2D eigenvalue weighted by Crippen LogP contribution is -2.69. The van der Waals surface area contributed by atoms with Crippen LogP contribution in [0.1, 0.15) is 38.0 Å². The van der Waals surface area contributed by atoms with Crippen LogP contribution in [-0.2, 0) is 14.3 Å². The first-order valence-electron chi connectivity index (χ1n) is 9.87. The molecule has 0 saturated carbocycles. The van der Waals surface area contributed by atoms with Crippen molar-refractivity contribution in [3.63, 3.8) is 0 Å². The van der Waals surface area contributed by atoms with Crippen molar-refractivity contribution in [3.05, 3.63) is 71.8 Å². The number of halogens is 1. The minimum Gasteiger partial charge on any atom is -0.450 e. The molecule has 2 saturated heterocycles. The molecule has 0 bridgehead atoms. The first-order valence-corrected chi connectivity index (χ1v) is 11.5. The van der Waals surface area contributed by atoms with Gasteiger partial charge in [0, 0.05) is 0 Å². The second kappa shape index (κ2) is 7.70. The van der Waals surface area contributed by atoms with Crippen molar-refractivity contribution < 1.29 is 19.4 Å². The Kier molecular flexibility index (Phi) is 5.49. The second-order valence-corrected chi connectivity index (χ2v) is 11.1. The smallest absolute Gasteiger partial charge is 0.345 e. The molecule has 2 heterocycles. The highest BCUT2D eigenvalue weighted by Crippen LogP contribution is 2.62. The average molecular weight is 490 g/mol. The molecule has 0 radical (unpaired) electrons. The maximum atomic E-state index is 13.6. The van der Waals surface area contributed by atoms with Crippen LogP contribution in [0.5, 0.6) is 0 Å². The quantitative estimate of drug-likeness (QED) is 0.296. The second-order valence-electron chi connectivity index (χ2n) is 8.22. The number of aliphatic hydroxyl groups excluding tert-OH is 1. The van der Waals surface area contributed by atoms with Crippen molar-refractivity contribution in [2.75, 3.05) is 0 Å². The van der Waals surface area contributed by atoms with E-state index in [0.717, 1.165) is 11.1 Å². The maximum Gasteiger partial charge on any atom is 0.345 e. The summed E-state index contributed by atoms with van der Waals surface area (Å²) in [4.78, 5) is 28.0. The van der Waals surface area contributed by atoms with Gasteiger partial charge in [0.1, 0.15) is 0 Å². The lowest BCUT2D eigenvalue weighted by atomic mass is 9.88. The van der Waals surface area contributed by atoms with Crippen LogP contribution in [0.25, 0.3) is 0 Å². The van der Waals surface area contributed by atoms with Gasteiger partial charge in [0.05, 0.1) is 22.1 Å². The molecule has 2 aliphatic rings. The fourth-order valence-electron chi connectivity index (χ4n) is 4.17. The monoisotopic (exact) mass is 489 g/mol. The zero-order valence-electron chi connectivity index (χ0n) is 17.0. The first kappa shape index (κ1) is 21.4. The van der Waals surface area contributed by atoms with E-state index in [1.54, 1.807) is 6.92 Å². The molecule has 0 unspecified atom stereocenters. The molecule has 30 heavy (non-hydrogen) atoms. The van der Waals surface area contributed by atoms with Crippen LogP contribution in [0.2, 0.25) is 0 Å². The number of ether oxygens (including phenoxy) is 1. The number of alkyl halides is 1. The molecule has 158 valence electrons. The Hall–Kier alpha value is -1.83. The summed E-state index contributed by atoms with van der Waals surface area (Å²) in [7, 11) is 0. The van der Waals surface area contributed by atoms with Gasteiger partial charge in [-0.2, -0.15) is 0 Å². The molecule has 2 aliphatic heterocycles. The van der Waals surface area contributed by atoms with Crippen molar-refractivity contribution in [1.82, 2.24) is 4.90 Å². The van der Waals surface area contributed by atoms with Crippen LogP contribution in [0.4, 0.5) is 0 Å². The summed E-state index contributed by atoms with van der Waals surface area (Å²) in [6.07, 6.45) is -1.37. The summed E-state index contributed by atoms with van der Waals surface area (Å²) in [6, 6.07) is 19.1. The molecular weight excluding hydrogens is 466 g/mol. The molecule has 1 amide bonds. The third kappa shape index (κ3) is 3.18. The number of benzene rings is 2. The molecule has 0 aliphatic carbocycles. The number of carbonyl (C=O) groups excluding carboxylic acids is 2. The van der Waals surface area contributed by atoms with Gasteiger partial charge in [-0.3, -0.25) is 4.79 Å². The van der Waals surface area contributed by atoms with Gasteiger partial charge in [-0.05, 0) is 47.8 Å². The van der Waals surface area contributed by atoms with Crippen LogP contribution in [0.15, 0.2) is 60.7 Å². The van der Waals surface area contributed by atoms with E-state index in [2.05, 4.69) is 15.9 Å². The lowest BCUT2D eigenvalue weighted by Gasteiger charge is -2.48. The summed E-state index contributed by atoms with van der Waals surface area (Å²) in [5, 5.41) is 9.75. The molecule has 1 N–H and O–H groups in total. The van der Waals surface area contributed by atoms with E-state index in [9.17, 15) is 14.7 Å². The number of thioether (sulfide) groups is 1. The number of rotatable bonds is 5. The van der Waals surface area contributed by atoms with Gasteiger partial charge >= 0.3 is 5.97 Å². The zero-order valence-corrected chi connectivity index (χ0v) is 19.4. The minimum atomic E-state index is -1.32. The first-order chi connectivity index (χ1) is 14.2. The van der Waals surface area contributed by atoms with E-state index in [4.69, 9.17) is 4.74 Å². The Bertz CT molecular complexity index is 913. The Balaban J connectivity index is 1.68. The van der Waals surface area contributed by atoms with Crippen LogP contribution in [0.3, 0.4) is 0 Å². The van der Waals surface area contributed by atoms with Gasteiger partial charge in [-0.15, -0.1) is 11.8 Å². The van der Waals surface area contributed by atoms with E-state index in [1.807, 2.05) is 74.5 Å². The fraction of sp³-hybridized carbons (Fsp3) is 0.391. The highest BCUT2D eigenvalue weighted by molar-refractivity contribution is 9.10. The third-order valence-electron chi connectivity index (χ3n) is 5.85. The van der Waals surface area contributed by atoms with Gasteiger partial charge in [-0.25, -0.2) is 4.79 Å². The van der Waals surface area contributed by atoms with Gasteiger partial charge in [0.25, 0.3) is 0 Å². The Labute approximate surface area is 188 Å². The summed E-state index contributed by atoms with van der Waals surface area (Å²) in [5.74, 6) is -1.27. The number of hydrogen-bond acceptors (Lipinski definition) is 5. The van der Waals surface area contributed by atoms with Crippen molar-refractivity contribution in [2.24, 2.45) is 5.92 Å². The van der Waals surface area contributed by atoms with Gasteiger partial charge in [0.15, 0.2) is 6.10 Å². The van der Waals surface area contributed by atoms with E-state index in [-0.39, 0.29) is 11.3 Å². The Morgan fingerprint density at radius 2 is 1.60 bits per heavy atom. The largest absolute Gasteiger partial charge is 0.450 e. The van der Waals surface area contributed by atoms with Crippen molar-refractivity contribution in [2.45, 2.75) is 47.5 Å². The van der Waals surface area contributed by atoms with Crippen LogP contribution < -0.4 is 0 Å². The standard InChI is InChI=1S/C23H24BrNO4S/c1-14(26)17-19(27)25-20(17)30-22(2,3)23(25,24)21(28)29-18(15-10-6-4-7-11-15)16-12-8-5-9-13-16/h4-14,17-18,20,26H,1-3H3/t14-,17-,20-,23+/m1/s1. The summed E-state index contributed by atoms with van der Waals surface area (Å²) in [5.41, 5.74) is 1.70. The Morgan fingerprint density at radius 1 is 1.10 bits per heavy atom. The molecule has 7 heteroatoms. The van der Waals surface area contributed by atoms with E-state index in [1.165, 1.54) is 16.7 Å². The van der Waals surface area contributed by atoms with Gasteiger partial charge in [-0.1, -0.05) is 60.7 Å². The molecule has 2 fully saturated rings. The van der Waals surface area contributed by atoms with E-state index in [0.29, 0.717) is 0 Å². The van der Waals surface area contributed by atoms with Crippen molar-refractivity contribution in [3.8, 4) is 0 Å². The summed E-state index contributed by atoms with van der Waals surface area (Å²) in [6.45, 7) is 5.44. The number of esters is 1. The maximum absolute atomic E-state index is 13.6. The predicted octanol–water partition coefficient (Wildman–Crippen LogP) is 4.10. The number of nitrogens with zero attached hydrogens (tertiary/aromatic N) is 1. The number of aliphatic hydroxyl groups is 1. The molecular formula is C23H24BrNO4S. The molecule has 0 aromatic heterocycles. The highest BCUT2D eigenvalue weighted by atomic mass is 79.9. The van der Waals surface area contributed by atoms with Crippen LogP contribution in [-0.4, -0.2) is 42.6 Å². The zero-order chi connectivity index (χ0) is 21.7. The predicted molar refractivity (Wildman–Crippen MR) is 120 cm³/mol. The van der Waals surface area contributed by atoms with Crippen molar-refractivity contribution >= 4 is 39.6 Å². The van der Waals surface area contributed by atoms with Crippen LogP contribution in [0, 0.1) is 5.92 Å². The molecule has 4 rings (SSSR count).